The molecular weight excluding hydrogens is 266 g/mol. The van der Waals surface area contributed by atoms with Gasteiger partial charge in [-0.3, -0.25) is 4.79 Å². The molecule has 0 aliphatic carbocycles. The molecule has 0 aliphatic rings. The minimum Gasteiger partial charge on any atom is -0.322 e. The van der Waals surface area contributed by atoms with Crippen LogP contribution in [0.2, 0.25) is 0 Å². The van der Waals surface area contributed by atoms with Crippen molar-refractivity contribution >= 4 is 26.8 Å². The zero-order valence-corrected chi connectivity index (χ0v) is 11.0. The number of pyridine rings is 1. The maximum Gasteiger partial charge on any atom is 0.251 e. The van der Waals surface area contributed by atoms with Gasteiger partial charge in [0, 0.05) is 16.4 Å². The first-order chi connectivity index (χ1) is 7.65. The smallest absolute Gasteiger partial charge is 0.251 e. The van der Waals surface area contributed by atoms with E-state index in [0.717, 1.165) is 28.2 Å². The maximum absolute atomic E-state index is 11.7. The Morgan fingerprint density at radius 3 is 2.62 bits per heavy atom. The molecule has 0 aliphatic heterocycles. The molecule has 0 radical (unpaired) electrons. The van der Waals surface area contributed by atoms with E-state index in [1.165, 1.54) is 11.1 Å². The van der Waals surface area contributed by atoms with E-state index in [1.54, 1.807) is 0 Å². The molecule has 2 aromatic rings. The lowest BCUT2D eigenvalue weighted by molar-refractivity contribution is 1.08. The fraction of sp³-hybridized carbons (Fsp3) is 0.308. The van der Waals surface area contributed by atoms with Gasteiger partial charge >= 0.3 is 0 Å². The number of halogens is 1. The Morgan fingerprint density at radius 2 is 2.00 bits per heavy atom. The summed E-state index contributed by atoms with van der Waals surface area (Å²) in [6, 6.07) is 6.15. The van der Waals surface area contributed by atoms with Crippen molar-refractivity contribution in [2.75, 3.05) is 0 Å². The Balaban J connectivity index is 2.76. The Hall–Kier alpha value is -1.09. The molecule has 1 N–H and O–H groups in total. The molecule has 0 fully saturated rings. The predicted molar refractivity (Wildman–Crippen MR) is 71.3 cm³/mol. The number of hydrogen-bond acceptors (Lipinski definition) is 1. The normalized spacial score (nSPS) is 10.9. The number of H-pyrrole nitrogens is 1. The summed E-state index contributed by atoms with van der Waals surface area (Å²) in [7, 11) is 0. The summed E-state index contributed by atoms with van der Waals surface area (Å²) in [5, 5.41) is 1.92. The van der Waals surface area contributed by atoms with Gasteiger partial charge in [0.05, 0.1) is 0 Å². The molecule has 84 valence electrons. The van der Waals surface area contributed by atoms with Crippen molar-refractivity contribution in [2.45, 2.75) is 25.6 Å². The first kappa shape index (κ1) is 11.4. The van der Waals surface area contributed by atoms with Gasteiger partial charge < -0.3 is 4.98 Å². The van der Waals surface area contributed by atoms with Crippen LogP contribution >= 0.6 is 15.9 Å². The molecule has 1 aromatic carbocycles. The first-order valence-corrected chi connectivity index (χ1v) is 6.49. The molecule has 1 heterocycles. The summed E-state index contributed by atoms with van der Waals surface area (Å²) < 4.78 is 0. The van der Waals surface area contributed by atoms with Gasteiger partial charge in [-0.05, 0) is 48.1 Å². The predicted octanol–water partition coefficient (Wildman–Crippen LogP) is 3.29. The molecule has 0 bridgehead atoms. The highest BCUT2D eigenvalue weighted by Gasteiger charge is 2.04. The van der Waals surface area contributed by atoms with Gasteiger partial charge in [-0.2, -0.15) is 0 Å². The van der Waals surface area contributed by atoms with Crippen molar-refractivity contribution in [3.8, 4) is 0 Å². The van der Waals surface area contributed by atoms with E-state index in [9.17, 15) is 4.79 Å². The number of aryl methyl sites for hydroxylation is 2. The van der Waals surface area contributed by atoms with Gasteiger partial charge in [-0.15, -0.1) is 0 Å². The molecule has 0 saturated heterocycles. The van der Waals surface area contributed by atoms with E-state index in [4.69, 9.17) is 0 Å². The Labute approximate surface area is 103 Å². The van der Waals surface area contributed by atoms with Gasteiger partial charge in [0.2, 0.25) is 0 Å². The Bertz CT molecular complexity index is 586. The molecule has 0 unspecified atom stereocenters. The molecule has 16 heavy (non-hydrogen) atoms. The molecule has 3 heteroatoms. The highest BCUT2D eigenvalue weighted by molar-refractivity contribution is 9.08. The van der Waals surface area contributed by atoms with Gasteiger partial charge in [0.15, 0.2) is 0 Å². The van der Waals surface area contributed by atoms with Gasteiger partial charge in [0.1, 0.15) is 0 Å². The highest BCUT2D eigenvalue weighted by atomic mass is 79.9. The first-order valence-electron chi connectivity index (χ1n) is 5.37. The number of aromatic amines is 1. The minimum atomic E-state index is 0.0272. The average molecular weight is 280 g/mol. The molecule has 0 saturated carbocycles. The summed E-state index contributed by atoms with van der Waals surface area (Å²) >= 11 is 3.45. The number of hydrogen-bond donors (Lipinski definition) is 1. The van der Waals surface area contributed by atoms with Crippen molar-refractivity contribution in [3.05, 3.63) is 45.2 Å². The second-order valence-corrected chi connectivity index (χ2v) is 4.54. The number of aromatic nitrogens is 1. The van der Waals surface area contributed by atoms with Crippen LogP contribution in [0.3, 0.4) is 0 Å². The van der Waals surface area contributed by atoms with Crippen LogP contribution in [0.1, 0.15) is 23.6 Å². The van der Waals surface area contributed by atoms with Gasteiger partial charge in [-0.1, -0.05) is 22.9 Å². The molecule has 0 atom stereocenters. The summed E-state index contributed by atoms with van der Waals surface area (Å²) in [5.41, 5.74) is 4.26. The lowest BCUT2D eigenvalue weighted by atomic mass is 10.0. The lowest BCUT2D eigenvalue weighted by Crippen LogP contribution is -2.11. The zero-order valence-electron chi connectivity index (χ0n) is 9.43. The van der Waals surface area contributed by atoms with Crippen molar-refractivity contribution in [1.82, 2.24) is 4.98 Å². The van der Waals surface area contributed by atoms with Crippen LogP contribution in [0.5, 0.6) is 0 Å². The zero-order chi connectivity index (χ0) is 11.7. The van der Waals surface area contributed by atoms with Gasteiger partial charge in [0.25, 0.3) is 5.56 Å². The third-order valence-corrected chi connectivity index (χ3v) is 3.51. The summed E-state index contributed by atoms with van der Waals surface area (Å²) in [6.07, 6.45) is 0.768. The molecule has 2 nitrogen and oxygen atoms in total. The highest BCUT2D eigenvalue weighted by Crippen LogP contribution is 2.19. The lowest BCUT2D eigenvalue weighted by Gasteiger charge is -2.06. The van der Waals surface area contributed by atoms with Crippen LogP contribution in [-0.4, -0.2) is 4.98 Å². The van der Waals surface area contributed by atoms with E-state index in [1.807, 2.05) is 19.1 Å². The monoisotopic (exact) mass is 279 g/mol. The minimum absolute atomic E-state index is 0.0272. The third-order valence-electron chi connectivity index (χ3n) is 2.90. The van der Waals surface area contributed by atoms with Crippen molar-refractivity contribution in [2.24, 2.45) is 0 Å². The van der Waals surface area contributed by atoms with E-state index in [2.05, 4.69) is 33.9 Å². The van der Waals surface area contributed by atoms with Crippen molar-refractivity contribution in [3.63, 3.8) is 0 Å². The number of fused-ring (bicyclic) bond motifs is 1. The van der Waals surface area contributed by atoms with Crippen LogP contribution in [0, 0.1) is 6.92 Å². The Morgan fingerprint density at radius 1 is 1.25 bits per heavy atom. The van der Waals surface area contributed by atoms with Gasteiger partial charge in [-0.25, -0.2) is 0 Å². The summed E-state index contributed by atoms with van der Waals surface area (Å²) in [4.78, 5) is 14.6. The van der Waals surface area contributed by atoms with Crippen LogP contribution in [0.25, 0.3) is 10.9 Å². The van der Waals surface area contributed by atoms with Crippen LogP contribution in [-0.2, 0) is 11.8 Å². The molecule has 0 amide bonds. The molecule has 1 aromatic heterocycles. The van der Waals surface area contributed by atoms with Crippen molar-refractivity contribution < 1.29 is 0 Å². The topological polar surface area (TPSA) is 32.9 Å². The number of alkyl halides is 1. The maximum atomic E-state index is 11.7. The fourth-order valence-electron chi connectivity index (χ4n) is 1.87. The van der Waals surface area contributed by atoms with Crippen LogP contribution < -0.4 is 5.56 Å². The standard InChI is InChI=1S/C13H14BrNO/c1-3-9-5-10-4-8(2)11(7-14)6-12(10)15-13(9)16/h4-6H,3,7H2,1-2H3,(H,15,16). The molecule has 2 rings (SSSR count). The second kappa shape index (κ2) is 4.42. The number of nitrogens with one attached hydrogen (secondary N) is 1. The average Bonchev–Trinajstić information content (AvgIpc) is 2.28. The number of rotatable bonds is 2. The molecular formula is C13H14BrNO. The SMILES string of the molecule is CCc1cc2cc(C)c(CBr)cc2[nH]c1=O. The Kier molecular flexibility index (Phi) is 3.15. The largest absolute Gasteiger partial charge is 0.322 e. The van der Waals surface area contributed by atoms with Crippen molar-refractivity contribution in [1.29, 1.82) is 0 Å². The van der Waals surface area contributed by atoms with E-state index in [0.29, 0.717) is 0 Å². The molecule has 0 spiro atoms. The fourth-order valence-corrected chi connectivity index (χ4v) is 2.47. The quantitative estimate of drug-likeness (QED) is 0.841. The summed E-state index contributed by atoms with van der Waals surface area (Å²) in [6.45, 7) is 4.09. The third kappa shape index (κ3) is 1.92. The van der Waals surface area contributed by atoms with Crippen LogP contribution in [0.4, 0.5) is 0 Å². The van der Waals surface area contributed by atoms with E-state index in [-0.39, 0.29) is 5.56 Å². The number of benzene rings is 1. The summed E-state index contributed by atoms with van der Waals surface area (Å²) in [5.74, 6) is 0. The van der Waals surface area contributed by atoms with E-state index >= 15 is 0 Å². The second-order valence-electron chi connectivity index (χ2n) is 3.98. The van der Waals surface area contributed by atoms with E-state index < -0.39 is 0 Å². The van der Waals surface area contributed by atoms with Crippen LogP contribution in [0.15, 0.2) is 23.0 Å².